The predicted octanol–water partition coefficient (Wildman–Crippen LogP) is -1.55. The van der Waals surface area contributed by atoms with Crippen LogP contribution in [0.3, 0.4) is 0 Å². The van der Waals surface area contributed by atoms with Crippen LogP contribution in [0.4, 0.5) is 0 Å². The molecule has 1 unspecified atom stereocenters. The lowest BCUT2D eigenvalue weighted by Crippen LogP contribution is -2.43. The molecule has 58 valence electrons. The predicted molar refractivity (Wildman–Crippen MR) is 29.6 cm³/mol. The van der Waals surface area contributed by atoms with Gasteiger partial charge in [-0.1, -0.05) is 0 Å². The number of hydroxylamine groups is 1. The van der Waals surface area contributed by atoms with Gasteiger partial charge in [-0.05, 0) is 5.16 Å². The molecular formula is CH5N4O4P. The molecule has 0 aliphatic carbocycles. The molecule has 5 N–H and O–H groups in total. The molecule has 1 aliphatic rings. The van der Waals surface area contributed by atoms with Gasteiger partial charge in [-0.2, -0.15) is 0 Å². The van der Waals surface area contributed by atoms with E-state index in [1.807, 2.05) is 0 Å². The van der Waals surface area contributed by atoms with Gasteiger partial charge in [0, 0.05) is 0 Å². The van der Waals surface area contributed by atoms with Crippen molar-refractivity contribution in [3.05, 3.63) is 0 Å². The highest BCUT2D eigenvalue weighted by Crippen LogP contribution is 2.45. The van der Waals surface area contributed by atoms with Crippen LogP contribution in [0.1, 0.15) is 0 Å². The van der Waals surface area contributed by atoms with E-state index in [0.29, 0.717) is 5.17 Å². The first kappa shape index (κ1) is 7.29. The molecule has 0 radical (unpaired) electrons. The third-order valence-corrected chi connectivity index (χ3v) is 1.32. The molecule has 1 rings (SSSR count). The van der Waals surface area contributed by atoms with E-state index in [9.17, 15) is 4.57 Å². The fraction of sp³-hybridized carbons (Fsp3) is 0. The number of rotatable bonds is 0. The van der Waals surface area contributed by atoms with Crippen molar-refractivity contribution in [2.24, 2.45) is 16.7 Å². The average Bonchev–Trinajstić information content (AvgIpc) is 1.79. The Balaban J connectivity index is 2.79. The Hall–Kier alpha value is -0.820. The molecule has 0 spiro atoms. The zero-order valence-electron chi connectivity index (χ0n) is 4.67. The minimum absolute atomic E-state index is 0.333. The smallest absolute Gasteiger partial charge is 0.364 e. The molecule has 0 aromatic carbocycles. The Kier molecular flexibility index (Phi) is 1.53. The fourth-order valence-electron chi connectivity index (χ4n) is 0.302. The molecule has 1 heterocycles. The van der Waals surface area contributed by atoms with Gasteiger partial charge in [-0.25, -0.2) is 10.4 Å². The number of nitrogens with zero attached hydrogens (tertiary/aromatic N) is 2. The third-order valence-electron chi connectivity index (χ3n) is 0.654. The van der Waals surface area contributed by atoms with E-state index in [0.717, 1.165) is 0 Å². The van der Waals surface area contributed by atoms with Crippen LogP contribution in [-0.2, 0) is 13.8 Å². The van der Waals surface area contributed by atoms with Gasteiger partial charge in [-0.15, -0.1) is 9.80 Å². The molecule has 0 saturated heterocycles. The zero-order chi connectivity index (χ0) is 7.78. The Morgan fingerprint density at radius 3 is 2.80 bits per heavy atom. The summed E-state index contributed by atoms with van der Waals surface area (Å²) in [7, 11) is -4.15. The van der Waals surface area contributed by atoms with Gasteiger partial charge in [0.05, 0.1) is 0 Å². The summed E-state index contributed by atoms with van der Waals surface area (Å²) in [5, 5.41) is 3.27. The molecule has 0 bridgehead atoms. The average molecular weight is 168 g/mol. The number of hydrazine groups is 1. The summed E-state index contributed by atoms with van der Waals surface area (Å²) < 4.78 is 18.3. The highest BCUT2D eigenvalue weighted by Gasteiger charge is 2.32. The zero-order valence-corrected chi connectivity index (χ0v) is 5.56. The van der Waals surface area contributed by atoms with Crippen LogP contribution in [0.15, 0.2) is 5.16 Å². The SMILES string of the molecule is NC1=NOP(=O)(O)ON1N. The highest BCUT2D eigenvalue weighted by molar-refractivity contribution is 7.47. The van der Waals surface area contributed by atoms with Gasteiger partial charge in [0.1, 0.15) is 0 Å². The van der Waals surface area contributed by atoms with Crippen molar-refractivity contribution in [3.8, 4) is 0 Å². The van der Waals surface area contributed by atoms with Gasteiger partial charge < -0.3 is 5.73 Å². The van der Waals surface area contributed by atoms with Crippen molar-refractivity contribution in [1.29, 1.82) is 0 Å². The lowest BCUT2D eigenvalue weighted by molar-refractivity contribution is -0.0447. The van der Waals surface area contributed by atoms with Crippen LogP contribution >= 0.6 is 7.82 Å². The van der Waals surface area contributed by atoms with Crippen LogP contribution < -0.4 is 11.6 Å². The largest absolute Gasteiger partial charge is 0.571 e. The van der Waals surface area contributed by atoms with Crippen molar-refractivity contribution in [1.82, 2.24) is 5.17 Å². The van der Waals surface area contributed by atoms with Crippen molar-refractivity contribution in [2.75, 3.05) is 0 Å². The highest BCUT2D eigenvalue weighted by atomic mass is 31.2. The number of hydrogen-bond donors (Lipinski definition) is 3. The van der Waals surface area contributed by atoms with Gasteiger partial charge >= 0.3 is 7.82 Å². The van der Waals surface area contributed by atoms with Gasteiger partial charge in [0.15, 0.2) is 0 Å². The first-order valence-corrected chi connectivity index (χ1v) is 3.60. The molecular weight excluding hydrogens is 163 g/mol. The normalized spacial score (nSPS) is 33.0. The van der Waals surface area contributed by atoms with Gasteiger partial charge in [0.2, 0.25) is 0 Å². The van der Waals surface area contributed by atoms with E-state index in [1.54, 1.807) is 0 Å². The first-order chi connectivity index (χ1) is 4.51. The minimum Gasteiger partial charge on any atom is -0.364 e. The van der Waals surface area contributed by atoms with E-state index < -0.39 is 7.82 Å². The number of hydrogen-bond acceptors (Lipinski definition) is 7. The molecule has 0 aromatic rings. The summed E-state index contributed by atoms with van der Waals surface area (Å²) in [4.78, 5) is 8.49. The molecule has 0 fully saturated rings. The lowest BCUT2D eigenvalue weighted by atomic mass is 11.1. The van der Waals surface area contributed by atoms with Crippen molar-refractivity contribution >= 4 is 13.8 Å². The maximum absolute atomic E-state index is 10.4. The van der Waals surface area contributed by atoms with E-state index in [4.69, 9.17) is 16.5 Å². The van der Waals surface area contributed by atoms with Crippen LogP contribution in [0.2, 0.25) is 0 Å². The molecule has 0 saturated carbocycles. The van der Waals surface area contributed by atoms with Gasteiger partial charge in [0.25, 0.3) is 5.96 Å². The lowest BCUT2D eigenvalue weighted by Gasteiger charge is -2.21. The van der Waals surface area contributed by atoms with E-state index in [-0.39, 0.29) is 5.96 Å². The maximum atomic E-state index is 10.4. The third kappa shape index (κ3) is 1.36. The minimum atomic E-state index is -4.15. The summed E-state index contributed by atoms with van der Waals surface area (Å²) >= 11 is 0. The summed E-state index contributed by atoms with van der Waals surface area (Å²) in [5.41, 5.74) is 4.97. The fourth-order valence-corrected chi connectivity index (χ4v) is 0.824. The quantitative estimate of drug-likeness (QED) is 0.295. The molecule has 1 aliphatic heterocycles. The summed E-state index contributed by atoms with van der Waals surface area (Å²) in [5.74, 6) is 4.56. The second kappa shape index (κ2) is 2.10. The monoisotopic (exact) mass is 168 g/mol. The first-order valence-electron chi connectivity index (χ1n) is 2.11. The Bertz CT molecular complexity index is 213. The topological polar surface area (TPSA) is 123 Å². The van der Waals surface area contributed by atoms with Crippen LogP contribution in [0.5, 0.6) is 0 Å². The number of nitrogens with two attached hydrogens (primary N) is 2. The summed E-state index contributed by atoms with van der Waals surface area (Å²) in [6.07, 6.45) is 0. The van der Waals surface area contributed by atoms with Crippen molar-refractivity contribution in [2.45, 2.75) is 0 Å². The van der Waals surface area contributed by atoms with Crippen LogP contribution in [-0.4, -0.2) is 16.0 Å². The number of oxime groups is 1. The molecule has 9 heteroatoms. The van der Waals surface area contributed by atoms with Crippen molar-refractivity contribution in [3.63, 3.8) is 0 Å². The second-order valence-corrected chi connectivity index (χ2v) is 2.67. The maximum Gasteiger partial charge on any atom is 0.571 e. The van der Waals surface area contributed by atoms with Crippen LogP contribution in [0, 0.1) is 0 Å². The van der Waals surface area contributed by atoms with Crippen molar-refractivity contribution < 1.29 is 18.7 Å². The number of phosphoric acid groups is 1. The molecule has 8 nitrogen and oxygen atoms in total. The molecule has 10 heavy (non-hydrogen) atoms. The van der Waals surface area contributed by atoms with Crippen LogP contribution in [0.25, 0.3) is 0 Å². The Morgan fingerprint density at radius 2 is 2.40 bits per heavy atom. The second-order valence-electron chi connectivity index (χ2n) is 1.41. The summed E-state index contributed by atoms with van der Waals surface area (Å²) in [6, 6.07) is 0. The molecule has 0 aromatic heterocycles. The van der Waals surface area contributed by atoms with E-state index >= 15 is 0 Å². The van der Waals surface area contributed by atoms with E-state index in [2.05, 4.69) is 14.4 Å². The molecule has 1 atom stereocenters. The van der Waals surface area contributed by atoms with Gasteiger partial charge in [-0.3, -0.25) is 9.52 Å². The molecule has 0 amide bonds. The van der Waals surface area contributed by atoms with E-state index in [1.165, 1.54) is 0 Å². The Morgan fingerprint density at radius 1 is 1.80 bits per heavy atom. The summed E-state index contributed by atoms with van der Waals surface area (Å²) in [6.45, 7) is 0. The Labute approximate surface area is 55.5 Å². The standard InChI is InChI=1S/CH5N4O4P/c2-1-4-8-10(6,7)9-5(1)3/h3H2,(H2,2,4)(H,6,7). The number of guanidine groups is 1.